The molecule has 7 nitrogen and oxygen atoms in total. The van der Waals surface area contributed by atoms with Crippen molar-refractivity contribution in [1.82, 2.24) is 9.62 Å². The summed E-state index contributed by atoms with van der Waals surface area (Å²) in [4.78, 5) is 12.0. The molecule has 8 heteroatoms. The predicted octanol–water partition coefficient (Wildman–Crippen LogP) is 2.53. The zero-order valence-corrected chi connectivity index (χ0v) is 18.9. The van der Waals surface area contributed by atoms with E-state index < -0.39 is 10.0 Å². The third-order valence-electron chi connectivity index (χ3n) is 5.47. The van der Waals surface area contributed by atoms with Gasteiger partial charge >= 0.3 is 0 Å². The SMILES string of the molecule is COc1cc2c(cc1OC)CN(S(=O)(=O)CCNC(=O)CCCc1ccccc1)CC2. The van der Waals surface area contributed by atoms with Gasteiger partial charge in [0.05, 0.1) is 20.0 Å². The molecule has 0 bridgehead atoms. The fourth-order valence-corrected chi connectivity index (χ4v) is 5.05. The van der Waals surface area contributed by atoms with E-state index in [2.05, 4.69) is 5.32 Å². The van der Waals surface area contributed by atoms with Crippen LogP contribution in [0.3, 0.4) is 0 Å². The van der Waals surface area contributed by atoms with Crippen LogP contribution < -0.4 is 14.8 Å². The van der Waals surface area contributed by atoms with Gasteiger partial charge in [0.15, 0.2) is 11.5 Å². The summed E-state index contributed by atoms with van der Waals surface area (Å²) in [5.74, 6) is 1.00. The van der Waals surface area contributed by atoms with Crippen molar-refractivity contribution in [2.45, 2.75) is 32.2 Å². The molecule has 1 heterocycles. The number of hydrogen-bond acceptors (Lipinski definition) is 5. The number of methoxy groups -OCH3 is 2. The zero-order valence-electron chi connectivity index (χ0n) is 18.1. The molecule has 3 rings (SSSR count). The molecular weight excluding hydrogens is 416 g/mol. The van der Waals surface area contributed by atoms with Gasteiger partial charge in [-0.1, -0.05) is 30.3 Å². The molecule has 1 aliphatic heterocycles. The average Bonchev–Trinajstić information content (AvgIpc) is 2.78. The van der Waals surface area contributed by atoms with Crippen molar-refractivity contribution in [1.29, 1.82) is 0 Å². The van der Waals surface area contributed by atoms with Crippen molar-refractivity contribution in [3.05, 3.63) is 59.2 Å². The molecule has 1 N–H and O–H groups in total. The molecular formula is C23H30N2O5S. The van der Waals surface area contributed by atoms with Crippen LogP contribution in [0.2, 0.25) is 0 Å². The number of hydrogen-bond donors (Lipinski definition) is 1. The number of fused-ring (bicyclic) bond motifs is 1. The molecule has 2 aromatic carbocycles. The third kappa shape index (κ3) is 6.21. The highest BCUT2D eigenvalue weighted by Gasteiger charge is 2.27. The van der Waals surface area contributed by atoms with Crippen LogP contribution in [0.15, 0.2) is 42.5 Å². The van der Waals surface area contributed by atoms with E-state index in [1.54, 1.807) is 14.2 Å². The Balaban J connectivity index is 1.47. The standard InChI is InChI=1S/C23H30N2O5S/c1-29-21-15-19-11-13-25(17-20(19)16-22(21)30-2)31(27,28)14-12-24-23(26)10-6-9-18-7-4-3-5-8-18/h3-5,7-8,15-16H,6,9-14,17H2,1-2H3,(H,24,26). The van der Waals surface area contributed by atoms with E-state index in [9.17, 15) is 13.2 Å². The van der Waals surface area contributed by atoms with E-state index >= 15 is 0 Å². The van der Waals surface area contributed by atoms with E-state index in [0.717, 1.165) is 24.0 Å². The Hall–Kier alpha value is -2.58. The summed E-state index contributed by atoms with van der Waals surface area (Å²) in [7, 11) is -0.331. The molecule has 0 atom stereocenters. The van der Waals surface area contributed by atoms with Crippen molar-refractivity contribution >= 4 is 15.9 Å². The minimum absolute atomic E-state index is 0.111. The minimum Gasteiger partial charge on any atom is -0.493 e. The molecule has 0 aliphatic carbocycles. The number of carbonyl (C=O) groups is 1. The van der Waals surface area contributed by atoms with Gasteiger partial charge in [-0.2, -0.15) is 4.31 Å². The fourth-order valence-electron chi connectivity index (χ4n) is 3.73. The van der Waals surface area contributed by atoms with Crippen LogP contribution in [-0.2, 0) is 34.2 Å². The highest BCUT2D eigenvalue weighted by molar-refractivity contribution is 7.89. The highest BCUT2D eigenvalue weighted by Crippen LogP contribution is 2.33. The number of carbonyl (C=O) groups excluding carboxylic acids is 1. The molecule has 0 saturated carbocycles. The van der Waals surface area contributed by atoms with Crippen molar-refractivity contribution in [3.63, 3.8) is 0 Å². The number of aryl methyl sites for hydroxylation is 1. The number of rotatable bonds is 10. The molecule has 2 aromatic rings. The van der Waals surface area contributed by atoms with Crippen LogP contribution in [0, 0.1) is 0 Å². The van der Waals surface area contributed by atoms with Gasteiger partial charge in [-0.15, -0.1) is 0 Å². The second-order valence-corrected chi connectivity index (χ2v) is 9.65. The first-order chi connectivity index (χ1) is 14.9. The molecule has 0 radical (unpaired) electrons. The highest BCUT2D eigenvalue weighted by atomic mass is 32.2. The molecule has 31 heavy (non-hydrogen) atoms. The molecule has 0 unspecified atom stereocenters. The van der Waals surface area contributed by atoms with Crippen LogP contribution >= 0.6 is 0 Å². The van der Waals surface area contributed by atoms with Crippen LogP contribution in [0.5, 0.6) is 11.5 Å². The monoisotopic (exact) mass is 446 g/mol. The van der Waals surface area contributed by atoms with Gasteiger partial charge in [-0.3, -0.25) is 4.79 Å². The molecule has 1 aliphatic rings. The smallest absolute Gasteiger partial charge is 0.220 e. The number of amides is 1. The van der Waals surface area contributed by atoms with Gasteiger partial charge < -0.3 is 14.8 Å². The lowest BCUT2D eigenvalue weighted by Gasteiger charge is -2.29. The summed E-state index contributed by atoms with van der Waals surface area (Å²) in [5, 5.41) is 2.74. The summed E-state index contributed by atoms with van der Waals surface area (Å²) in [6.45, 7) is 0.820. The zero-order chi connectivity index (χ0) is 22.3. The number of sulfonamides is 1. The Bertz CT molecular complexity index is 993. The van der Waals surface area contributed by atoms with Crippen molar-refractivity contribution < 1.29 is 22.7 Å². The van der Waals surface area contributed by atoms with E-state index in [0.29, 0.717) is 37.4 Å². The second-order valence-electron chi connectivity index (χ2n) is 7.56. The molecule has 168 valence electrons. The first-order valence-electron chi connectivity index (χ1n) is 10.4. The Labute approximate surface area is 184 Å². The predicted molar refractivity (Wildman–Crippen MR) is 120 cm³/mol. The van der Waals surface area contributed by atoms with Gasteiger partial charge in [-0.05, 0) is 48.1 Å². The van der Waals surface area contributed by atoms with Crippen LogP contribution in [0.4, 0.5) is 0 Å². The van der Waals surface area contributed by atoms with E-state index in [1.165, 1.54) is 9.87 Å². The second kappa shape index (κ2) is 10.6. The number of nitrogens with zero attached hydrogens (tertiary/aromatic N) is 1. The van der Waals surface area contributed by atoms with Gasteiger partial charge in [-0.25, -0.2) is 8.42 Å². The normalized spacial score (nSPS) is 14.0. The third-order valence-corrected chi connectivity index (χ3v) is 7.29. The summed E-state index contributed by atoms with van der Waals surface area (Å²) in [5.41, 5.74) is 3.17. The lowest BCUT2D eigenvalue weighted by Crippen LogP contribution is -2.40. The lowest BCUT2D eigenvalue weighted by atomic mass is 10.0. The van der Waals surface area contributed by atoms with Gasteiger partial charge in [0.2, 0.25) is 15.9 Å². The lowest BCUT2D eigenvalue weighted by molar-refractivity contribution is -0.121. The maximum atomic E-state index is 12.8. The molecule has 0 fully saturated rings. The first-order valence-corrected chi connectivity index (χ1v) is 12.1. The maximum absolute atomic E-state index is 12.8. The Kier molecular flexibility index (Phi) is 7.92. The summed E-state index contributed by atoms with van der Waals surface area (Å²) in [6, 6.07) is 13.7. The number of ether oxygens (including phenoxy) is 2. The summed E-state index contributed by atoms with van der Waals surface area (Å²) >= 11 is 0. The van der Waals surface area contributed by atoms with Crippen molar-refractivity contribution in [2.75, 3.05) is 33.1 Å². The average molecular weight is 447 g/mol. The van der Waals surface area contributed by atoms with E-state index in [1.807, 2.05) is 42.5 Å². The summed E-state index contributed by atoms with van der Waals surface area (Å²) in [6.07, 6.45) is 2.55. The molecule has 0 spiro atoms. The van der Waals surface area contributed by atoms with E-state index in [4.69, 9.17) is 9.47 Å². The van der Waals surface area contributed by atoms with Crippen LogP contribution in [0.25, 0.3) is 0 Å². The first kappa shape index (κ1) is 23.1. The summed E-state index contributed by atoms with van der Waals surface area (Å²) < 4.78 is 37.7. The van der Waals surface area contributed by atoms with Gasteiger partial charge in [0.1, 0.15) is 0 Å². The van der Waals surface area contributed by atoms with Crippen molar-refractivity contribution in [3.8, 4) is 11.5 Å². The van der Waals surface area contributed by atoms with Gasteiger partial charge in [0.25, 0.3) is 0 Å². The Morgan fingerprint density at radius 1 is 1.06 bits per heavy atom. The van der Waals surface area contributed by atoms with Gasteiger partial charge in [0, 0.05) is 26.1 Å². The molecule has 0 saturated heterocycles. The van der Waals surface area contributed by atoms with Crippen LogP contribution in [0.1, 0.15) is 29.5 Å². The maximum Gasteiger partial charge on any atom is 0.220 e. The Morgan fingerprint density at radius 2 is 1.74 bits per heavy atom. The fraction of sp³-hybridized carbons (Fsp3) is 0.435. The minimum atomic E-state index is -3.47. The number of nitrogens with one attached hydrogen (secondary N) is 1. The quantitative estimate of drug-likeness (QED) is 0.606. The van der Waals surface area contributed by atoms with Crippen LogP contribution in [-0.4, -0.2) is 51.7 Å². The van der Waals surface area contributed by atoms with E-state index in [-0.39, 0.29) is 18.2 Å². The molecule has 0 aromatic heterocycles. The topological polar surface area (TPSA) is 84.9 Å². The molecule has 1 amide bonds. The Morgan fingerprint density at radius 3 is 2.42 bits per heavy atom. The number of benzene rings is 2. The largest absolute Gasteiger partial charge is 0.493 e. The van der Waals surface area contributed by atoms with Crippen molar-refractivity contribution in [2.24, 2.45) is 0 Å².